The van der Waals surface area contributed by atoms with Gasteiger partial charge in [-0.25, -0.2) is 0 Å². The molecule has 214 valence electrons. The summed E-state index contributed by atoms with van der Waals surface area (Å²) in [6.07, 6.45) is 12.3. The fraction of sp³-hybridized carbons (Fsp3) is 0.545. The number of nitrogens with zero attached hydrogens (tertiary/aromatic N) is 1. The van der Waals surface area contributed by atoms with E-state index in [1.54, 1.807) is 7.11 Å². The molecule has 2 rings (SSSR count). The summed E-state index contributed by atoms with van der Waals surface area (Å²) in [6, 6.07) is 13.6. The van der Waals surface area contributed by atoms with Crippen LogP contribution in [-0.4, -0.2) is 37.6 Å². The van der Waals surface area contributed by atoms with Crippen molar-refractivity contribution in [1.29, 1.82) is 5.26 Å². The standard InChI is InChI=1S/C33H47NO5/c1-25(2)38-31-18-16-28(23-33(31)39-26(3)4)29(24-34)21-27-15-17-30(32(22-27)36-5)37-20-14-12-10-8-6-7-9-11-13-19-35/h15-18,21-23,25-26,35H,6-14,19-20H2,1-5H3/b29-21+. The molecular weight excluding hydrogens is 490 g/mol. The molecule has 0 saturated heterocycles. The normalized spacial score (nSPS) is 11.5. The van der Waals surface area contributed by atoms with Crippen molar-refractivity contribution in [3.63, 3.8) is 0 Å². The second-order valence-electron chi connectivity index (χ2n) is 10.3. The lowest BCUT2D eigenvalue weighted by atomic mass is 10.0. The summed E-state index contributed by atoms with van der Waals surface area (Å²) in [6.45, 7) is 8.83. The number of aliphatic hydroxyl groups excluding tert-OH is 1. The van der Waals surface area contributed by atoms with Crippen LogP contribution in [-0.2, 0) is 0 Å². The van der Waals surface area contributed by atoms with Gasteiger partial charge in [0.25, 0.3) is 0 Å². The van der Waals surface area contributed by atoms with Gasteiger partial charge in [0.1, 0.15) is 0 Å². The van der Waals surface area contributed by atoms with Gasteiger partial charge < -0.3 is 24.1 Å². The van der Waals surface area contributed by atoms with E-state index in [9.17, 15) is 5.26 Å². The predicted molar refractivity (Wildman–Crippen MR) is 159 cm³/mol. The number of allylic oxidation sites excluding steroid dienone is 1. The van der Waals surface area contributed by atoms with E-state index in [4.69, 9.17) is 24.1 Å². The molecule has 6 heteroatoms. The number of unbranched alkanes of at least 4 members (excludes halogenated alkanes) is 8. The van der Waals surface area contributed by atoms with Crippen LogP contribution >= 0.6 is 0 Å². The van der Waals surface area contributed by atoms with Crippen LogP contribution in [0.2, 0.25) is 0 Å². The zero-order valence-corrected chi connectivity index (χ0v) is 24.5. The highest BCUT2D eigenvalue weighted by molar-refractivity contribution is 5.90. The first kappa shape index (κ1) is 32.0. The lowest BCUT2D eigenvalue weighted by Gasteiger charge is -2.18. The van der Waals surface area contributed by atoms with Crippen molar-refractivity contribution in [2.75, 3.05) is 20.3 Å². The summed E-state index contributed by atoms with van der Waals surface area (Å²) in [5.41, 5.74) is 2.13. The van der Waals surface area contributed by atoms with Crippen molar-refractivity contribution in [1.82, 2.24) is 0 Å². The molecule has 0 aliphatic rings. The van der Waals surface area contributed by atoms with Crippen molar-refractivity contribution < 1.29 is 24.1 Å². The van der Waals surface area contributed by atoms with Crippen LogP contribution in [0, 0.1) is 11.3 Å². The summed E-state index contributed by atoms with van der Waals surface area (Å²) < 4.78 is 23.4. The highest BCUT2D eigenvalue weighted by atomic mass is 16.5. The van der Waals surface area contributed by atoms with Gasteiger partial charge in [0.2, 0.25) is 0 Å². The quantitative estimate of drug-likeness (QED) is 0.110. The van der Waals surface area contributed by atoms with Crippen molar-refractivity contribution in [2.45, 2.75) is 97.7 Å². The van der Waals surface area contributed by atoms with Crippen LogP contribution in [0.3, 0.4) is 0 Å². The molecule has 2 aromatic carbocycles. The predicted octanol–water partition coefficient (Wildman–Crippen LogP) is 8.22. The van der Waals surface area contributed by atoms with Crippen LogP contribution in [0.1, 0.15) is 96.6 Å². The molecule has 1 N–H and O–H groups in total. The Morgan fingerprint density at radius 1 is 0.769 bits per heavy atom. The lowest BCUT2D eigenvalue weighted by molar-refractivity contribution is 0.199. The molecule has 0 radical (unpaired) electrons. The van der Waals surface area contributed by atoms with Gasteiger partial charge in [0.15, 0.2) is 23.0 Å². The molecule has 6 nitrogen and oxygen atoms in total. The van der Waals surface area contributed by atoms with Crippen LogP contribution in [0.15, 0.2) is 36.4 Å². The lowest BCUT2D eigenvalue weighted by Crippen LogP contribution is -2.11. The molecule has 0 amide bonds. The molecule has 0 aliphatic heterocycles. The minimum absolute atomic E-state index is 0.0164. The number of rotatable bonds is 19. The maximum atomic E-state index is 9.92. The molecule has 0 aliphatic carbocycles. The van der Waals surface area contributed by atoms with Gasteiger partial charge in [-0.1, -0.05) is 51.0 Å². The van der Waals surface area contributed by atoms with Crippen LogP contribution < -0.4 is 18.9 Å². The Morgan fingerprint density at radius 2 is 1.36 bits per heavy atom. The van der Waals surface area contributed by atoms with Crippen molar-refractivity contribution in [3.05, 3.63) is 47.5 Å². The summed E-state index contributed by atoms with van der Waals surface area (Å²) in [5.74, 6) is 2.64. The second-order valence-corrected chi connectivity index (χ2v) is 10.3. The van der Waals surface area contributed by atoms with Crippen LogP contribution in [0.5, 0.6) is 23.0 Å². The topological polar surface area (TPSA) is 80.9 Å². The fourth-order valence-corrected chi connectivity index (χ4v) is 4.25. The molecule has 2 aromatic rings. The Hall–Kier alpha value is -3.17. The van der Waals surface area contributed by atoms with E-state index >= 15 is 0 Å². The average molecular weight is 538 g/mol. The molecule has 0 saturated carbocycles. The Labute approximate surface area is 235 Å². The van der Waals surface area contributed by atoms with Gasteiger partial charge in [-0.15, -0.1) is 0 Å². The van der Waals surface area contributed by atoms with Crippen molar-refractivity contribution in [3.8, 4) is 29.1 Å². The summed E-state index contributed by atoms with van der Waals surface area (Å²) in [4.78, 5) is 0. The number of benzene rings is 2. The molecular formula is C33H47NO5. The van der Waals surface area contributed by atoms with E-state index in [1.807, 2.05) is 70.2 Å². The first-order valence-corrected chi connectivity index (χ1v) is 14.4. The maximum absolute atomic E-state index is 9.92. The number of nitriles is 1. The molecule has 0 unspecified atom stereocenters. The van der Waals surface area contributed by atoms with Gasteiger partial charge >= 0.3 is 0 Å². The minimum atomic E-state index is -0.0195. The van der Waals surface area contributed by atoms with Crippen LogP contribution in [0.25, 0.3) is 11.6 Å². The van der Waals surface area contributed by atoms with E-state index in [0.717, 1.165) is 36.8 Å². The van der Waals surface area contributed by atoms with Gasteiger partial charge in [-0.05, 0) is 88.1 Å². The molecule has 0 bridgehead atoms. The Kier molecular flexibility index (Phi) is 14.9. The molecule has 0 atom stereocenters. The zero-order chi connectivity index (χ0) is 28.5. The summed E-state index contributed by atoms with van der Waals surface area (Å²) in [7, 11) is 1.63. The SMILES string of the molecule is COc1cc(/C=C(\C#N)c2ccc(OC(C)C)c(OC(C)C)c2)ccc1OCCCCCCCCCCCO. The van der Waals surface area contributed by atoms with Gasteiger partial charge in [0.05, 0.1) is 37.6 Å². The van der Waals surface area contributed by atoms with Crippen molar-refractivity contribution >= 4 is 11.6 Å². The average Bonchev–Trinajstić information content (AvgIpc) is 2.91. The second kappa shape index (κ2) is 18.2. The first-order valence-electron chi connectivity index (χ1n) is 14.4. The highest BCUT2D eigenvalue weighted by Crippen LogP contribution is 2.34. The Balaban J connectivity index is 1.98. The number of methoxy groups -OCH3 is 1. The Bertz CT molecular complexity index is 1050. The number of ether oxygens (including phenoxy) is 4. The molecule has 0 fully saturated rings. The van der Waals surface area contributed by atoms with E-state index in [-0.39, 0.29) is 12.2 Å². The van der Waals surface area contributed by atoms with Gasteiger partial charge in [-0.3, -0.25) is 0 Å². The van der Waals surface area contributed by atoms with Crippen LogP contribution in [0.4, 0.5) is 0 Å². The number of hydrogen-bond donors (Lipinski definition) is 1. The molecule has 0 aromatic heterocycles. The third-order valence-electron chi connectivity index (χ3n) is 6.16. The summed E-state index contributed by atoms with van der Waals surface area (Å²) in [5, 5.41) is 18.7. The minimum Gasteiger partial charge on any atom is -0.493 e. The third-order valence-corrected chi connectivity index (χ3v) is 6.16. The molecule has 39 heavy (non-hydrogen) atoms. The zero-order valence-electron chi connectivity index (χ0n) is 24.5. The van der Waals surface area contributed by atoms with E-state index < -0.39 is 0 Å². The number of hydrogen-bond acceptors (Lipinski definition) is 6. The smallest absolute Gasteiger partial charge is 0.162 e. The van der Waals surface area contributed by atoms with Gasteiger partial charge in [0, 0.05) is 6.61 Å². The van der Waals surface area contributed by atoms with E-state index in [2.05, 4.69) is 6.07 Å². The van der Waals surface area contributed by atoms with E-state index in [1.165, 1.54) is 32.1 Å². The fourth-order valence-electron chi connectivity index (χ4n) is 4.25. The first-order chi connectivity index (χ1) is 18.9. The van der Waals surface area contributed by atoms with Gasteiger partial charge in [-0.2, -0.15) is 5.26 Å². The number of aliphatic hydroxyl groups is 1. The van der Waals surface area contributed by atoms with E-state index in [0.29, 0.717) is 41.8 Å². The third kappa shape index (κ3) is 12.0. The Morgan fingerprint density at radius 3 is 1.95 bits per heavy atom. The molecule has 0 heterocycles. The maximum Gasteiger partial charge on any atom is 0.162 e. The largest absolute Gasteiger partial charge is 0.493 e. The molecule has 0 spiro atoms. The highest BCUT2D eigenvalue weighted by Gasteiger charge is 2.13. The monoisotopic (exact) mass is 537 g/mol. The van der Waals surface area contributed by atoms with Crippen molar-refractivity contribution in [2.24, 2.45) is 0 Å². The summed E-state index contributed by atoms with van der Waals surface area (Å²) >= 11 is 0.